The summed E-state index contributed by atoms with van der Waals surface area (Å²) >= 11 is 0. The topological polar surface area (TPSA) is 34.1 Å². The molecule has 2 nitrogen and oxygen atoms in total. The van der Waals surface area contributed by atoms with Gasteiger partial charge in [0.25, 0.3) is 0 Å². The lowest BCUT2D eigenvalue weighted by Gasteiger charge is -2.23. The predicted octanol–water partition coefficient (Wildman–Crippen LogP) is 8.63. The average Bonchev–Trinajstić information content (AvgIpc) is 2.32. The van der Waals surface area contributed by atoms with Gasteiger partial charge in [-0.3, -0.25) is 0 Å². The van der Waals surface area contributed by atoms with Crippen LogP contribution in [0.25, 0.3) is 0 Å². The van der Waals surface area contributed by atoms with Gasteiger partial charge in [0, 0.05) is 19.0 Å². The van der Waals surface area contributed by atoms with Gasteiger partial charge >= 0.3 is 0 Å². The highest BCUT2D eigenvalue weighted by atomic mass is 35.7. The van der Waals surface area contributed by atoms with E-state index in [1.807, 2.05) is 63.1 Å². The van der Waals surface area contributed by atoms with E-state index in [9.17, 15) is 8.42 Å². The highest BCUT2D eigenvalue weighted by Crippen LogP contribution is 2.42. The first-order valence-electron chi connectivity index (χ1n) is 9.34. The third-order valence-electron chi connectivity index (χ3n) is 1.85. The zero-order chi connectivity index (χ0) is 23.8. The van der Waals surface area contributed by atoms with Crippen molar-refractivity contribution in [1.82, 2.24) is 0 Å². The molecular formula is C20H45ClO2S5. The molecule has 0 aliphatic rings. The van der Waals surface area contributed by atoms with Gasteiger partial charge in [-0.1, -0.05) is 94.7 Å². The van der Waals surface area contributed by atoms with Crippen LogP contribution in [0.15, 0.2) is 0 Å². The fraction of sp³-hybridized carbons (Fsp3) is 1.00. The minimum Gasteiger partial charge on any atom is -0.247 e. The molecule has 174 valence electrons. The van der Waals surface area contributed by atoms with Crippen LogP contribution in [0.4, 0.5) is 0 Å². The van der Waals surface area contributed by atoms with E-state index in [0.717, 1.165) is 0 Å². The molecule has 0 bridgehead atoms. The second kappa shape index (κ2) is 13.2. The molecule has 0 aliphatic heterocycles. The van der Waals surface area contributed by atoms with Crippen LogP contribution >= 0.6 is 43.1 Å². The van der Waals surface area contributed by atoms with Gasteiger partial charge in [-0.25, -0.2) is 8.42 Å². The summed E-state index contributed by atoms with van der Waals surface area (Å²) in [6.45, 7) is 31.2. The Hall–Kier alpha value is 1.64. The van der Waals surface area contributed by atoms with Gasteiger partial charge in [0.1, 0.15) is 10.0 Å². The van der Waals surface area contributed by atoms with E-state index in [1.54, 1.807) is 0 Å². The molecule has 0 aromatic heterocycles. The largest absolute Gasteiger partial charge is 0.247 e. The number of hydrogen-bond acceptors (Lipinski definition) is 5. The molecule has 0 amide bonds. The average molecular weight is 513 g/mol. The Morgan fingerprint density at radius 2 is 0.786 bits per heavy atom. The Kier molecular flexibility index (Phi) is 16.2. The van der Waals surface area contributed by atoms with Gasteiger partial charge < -0.3 is 0 Å². The summed E-state index contributed by atoms with van der Waals surface area (Å²) in [5, 5.41) is 0. The van der Waals surface area contributed by atoms with Crippen molar-refractivity contribution in [3.8, 4) is 0 Å². The molecule has 0 saturated heterocycles. The van der Waals surface area contributed by atoms with Crippen molar-refractivity contribution in [2.45, 2.75) is 128 Å². The molecule has 0 radical (unpaired) electrons. The number of rotatable bonds is 2. The van der Waals surface area contributed by atoms with Crippen LogP contribution in [0.1, 0.15) is 104 Å². The minimum atomic E-state index is -1.21. The normalized spacial score (nSPS) is 15.6. The highest BCUT2D eigenvalue weighted by molar-refractivity contribution is 8.77. The quantitative estimate of drug-likeness (QED) is 0.273. The molecule has 0 aromatic rings. The van der Waals surface area contributed by atoms with E-state index >= 15 is 0 Å². The van der Waals surface area contributed by atoms with Crippen molar-refractivity contribution >= 4 is 62.9 Å². The van der Waals surface area contributed by atoms with Crippen LogP contribution in [-0.4, -0.2) is 32.2 Å². The molecule has 0 aliphatic carbocycles. The van der Waals surface area contributed by atoms with Gasteiger partial charge in [-0.05, 0) is 52.2 Å². The Bertz CT molecular complexity index is 459. The Labute approximate surface area is 197 Å². The number of hydrogen-bond donors (Lipinski definition) is 0. The molecule has 0 rings (SSSR count). The summed E-state index contributed by atoms with van der Waals surface area (Å²) in [6.07, 6.45) is 0. The van der Waals surface area contributed by atoms with Crippen molar-refractivity contribution in [1.29, 1.82) is 0 Å². The molecule has 2 unspecified atom stereocenters. The van der Waals surface area contributed by atoms with Crippen molar-refractivity contribution < 1.29 is 8.42 Å². The van der Waals surface area contributed by atoms with E-state index in [0.29, 0.717) is 9.49 Å². The maximum absolute atomic E-state index is 11.6. The molecule has 28 heavy (non-hydrogen) atoms. The van der Waals surface area contributed by atoms with Crippen molar-refractivity contribution in [3.05, 3.63) is 0 Å². The van der Waals surface area contributed by atoms with E-state index in [1.165, 1.54) is 10.8 Å². The number of halogens is 1. The molecule has 2 atom stereocenters. The summed E-state index contributed by atoms with van der Waals surface area (Å²) in [4.78, 5) is 0. The maximum Gasteiger partial charge on any atom is 0.120 e. The fourth-order valence-electron chi connectivity index (χ4n) is 0.602. The molecule has 0 N–H and O–H groups in total. The van der Waals surface area contributed by atoms with E-state index in [-0.39, 0.29) is 14.2 Å². The zero-order valence-corrected chi connectivity index (χ0v) is 25.6. The summed E-state index contributed by atoms with van der Waals surface area (Å²) in [5.74, 6) is 0. The Morgan fingerprint density at radius 1 is 0.536 bits per heavy atom. The van der Waals surface area contributed by atoms with Crippen molar-refractivity contribution in [2.75, 3.05) is 0 Å². The molecule has 0 heterocycles. The summed E-state index contributed by atoms with van der Waals surface area (Å²) in [6, 6.07) is 0. The molecule has 0 spiro atoms. The lowest BCUT2D eigenvalue weighted by atomic mass is 10.3. The van der Waals surface area contributed by atoms with Crippen LogP contribution in [0.3, 0.4) is 0 Å². The predicted molar refractivity (Wildman–Crippen MR) is 144 cm³/mol. The molecule has 0 fully saturated rings. The first-order chi connectivity index (χ1) is 11.8. The standard InChI is InChI=1S/C8H18OS2.C8H18S2.C4H9ClOS/c1-7(2,3)10-11(9)8(4,5)6;1-7(2,3)9-10-8(4,5)6;1-4(2,3)7(5)6/h1-6H3;1-6H3;1-3H3. The molecule has 0 saturated carbocycles. The van der Waals surface area contributed by atoms with E-state index < -0.39 is 19.8 Å². The lowest BCUT2D eigenvalue weighted by Crippen LogP contribution is -2.23. The molecule has 8 heteroatoms. The third-order valence-corrected chi connectivity index (χ3v) is 13.6. The Morgan fingerprint density at radius 3 is 0.857 bits per heavy atom. The SMILES string of the molecule is CC(C)(C)S(=O)Cl.CC(C)(C)SS(=O)C(C)(C)C.CC(C)(C)SSC(C)(C)C. The fourth-order valence-corrected chi connectivity index (χ4v) is 5.42. The molecular weight excluding hydrogens is 468 g/mol. The van der Waals surface area contributed by atoms with E-state index in [4.69, 9.17) is 10.7 Å². The van der Waals surface area contributed by atoms with Crippen LogP contribution in [0.2, 0.25) is 0 Å². The van der Waals surface area contributed by atoms with Gasteiger partial charge in [-0.2, -0.15) is 0 Å². The minimum absolute atomic E-state index is 0.0954. The summed E-state index contributed by atoms with van der Waals surface area (Å²) in [5.41, 5.74) is 0. The third kappa shape index (κ3) is 29.8. The van der Waals surface area contributed by atoms with Gasteiger partial charge in [0.05, 0.1) is 14.6 Å². The lowest BCUT2D eigenvalue weighted by molar-refractivity contribution is 0.659. The van der Waals surface area contributed by atoms with E-state index in [2.05, 4.69) is 62.3 Å². The summed E-state index contributed by atoms with van der Waals surface area (Å²) in [7, 11) is 8.68. The van der Waals surface area contributed by atoms with Crippen LogP contribution in [0, 0.1) is 0 Å². The van der Waals surface area contributed by atoms with Crippen molar-refractivity contribution in [3.63, 3.8) is 0 Å². The first kappa shape index (κ1) is 34.3. The maximum atomic E-state index is 11.6. The second-order valence-electron chi connectivity index (χ2n) is 11.3. The van der Waals surface area contributed by atoms with Crippen molar-refractivity contribution in [2.24, 2.45) is 0 Å². The van der Waals surface area contributed by atoms with Gasteiger partial charge in [-0.15, -0.1) is 0 Å². The molecule has 0 aromatic carbocycles. The first-order valence-corrected chi connectivity index (χ1v) is 16.0. The second-order valence-corrected chi connectivity index (χ2v) is 22.1. The zero-order valence-electron chi connectivity index (χ0n) is 20.7. The van der Waals surface area contributed by atoms with Gasteiger partial charge in [0.15, 0.2) is 0 Å². The summed E-state index contributed by atoms with van der Waals surface area (Å²) < 4.78 is 22.4. The van der Waals surface area contributed by atoms with Crippen LogP contribution < -0.4 is 0 Å². The highest BCUT2D eigenvalue weighted by Gasteiger charge is 2.25. The van der Waals surface area contributed by atoms with Crippen LogP contribution in [-0.2, 0) is 19.8 Å². The van der Waals surface area contributed by atoms with Gasteiger partial charge in [0.2, 0.25) is 0 Å². The monoisotopic (exact) mass is 512 g/mol. The van der Waals surface area contributed by atoms with Crippen LogP contribution in [0.5, 0.6) is 0 Å². The Balaban J connectivity index is -0.000000343. The smallest absolute Gasteiger partial charge is 0.120 e.